The molecule has 1 aromatic heterocycles. The number of thiazole rings is 1. The second-order valence-electron chi connectivity index (χ2n) is 3.99. The van der Waals surface area contributed by atoms with Crippen LogP contribution in [0, 0.1) is 18.3 Å². The van der Waals surface area contributed by atoms with Crippen molar-refractivity contribution in [3.63, 3.8) is 0 Å². The summed E-state index contributed by atoms with van der Waals surface area (Å²) in [4.78, 5) is 18.4. The van der Waals surface area contributed by atoms with Crippen molar-refractivity contribution < 1.29 is 4.79 Å². The largest absolute Gasteiger partial charge is 0.375 e. The van der Waals surface area contributed by atoms with Crippen molar-refractivity contribution in [3.8, 4) is 6.07 Å². The molecule has 0 fully saturated rings. The number of carbonyl (C=O) groups is 1. The lowest BCUT2D eigenvalue weighted by molar-refractivity contribution is 0.0996. The van der Waals surface area contributed by atoms with Crippen molar-refractivity contribution in [2.75, 3.05) is 17.7 Å². The number of nitrogen functional groups attached to an aromatic ring is 1. The maximum absolute atomic E-state index is 12.3. The third kappa shape index (κ3) is 2.56. The lowest BCUT2D eigenvalue weighted by Gasteiger charge is -2.16. The molecule has 1 aromatic carbocycles. The number of amides is 1. The zero-order valence-corrected chi connectivity index (χ0v) is 11.4. The van der Waals surface area contributed by atoms with Gasteiger partial charge in [-0.15, -0.1) is 0 Å². The van der Waals surface area contributed by atoms with Gasteiger partial charge in [0.25, 0.3) is 5.91 Å². The predicted molar refractivity (Wildman–Crippen MR) is 75.2 cm³/mol. The lowest BCUT2D eigenvalue weighted by atomic mass is 10.2. The summed E-state index contributed by atoms with van der Waals surface area (Å²) in [7, 11) is 1.66. The van der Waals surface area contributed by atoms with Crippen molar-refractivity contribution in [2.24, 2.45) is 0 Å². The molecule has 2 rings (SSSR count). The fraction of sp³-hybridized carbons (Fsp3) is 0.154. The van der Waals surface area contributed by atoms with Crippen LogP contribution in [0.5, 0.6) is 0 Å². The van der Waals surface area contributed by atoms with Crippen LogP contribution in [0.25, 0.3) is 0 Å². The third-order valence-corrected chi connectivity index (χ3v) is 3.65. The number of nitrogens with zero attached hydrogens (tertiary/aromatic N) is 3. The third-order valence-electron chi connectivity index (χ3n) is 2.67. The molecule has 2 aromatic rings. The zero-order chi connectivity index (χ0) is 14.0. The van der Waals surface area contributed by atoms with Gasteiger partial charge in [0.15, 0.2) is 5.13 Å². The van der Waals surface area contributed by atoms with E-state index in [1.54, 1.807) is 38.2 Å². The summed E-state index contributed by atoms with van der Waals surface area (Å²) >= 11 is 1.17. The van der Waals surface area contributed by atoms with Gasteiger partial charge in [0.2, 0.25) is 0 Å². The highest BCUT2D eigenvalue weighted by molar-refractivity contribution is 7.17. The number of hydrogen-bond acceptors (Lipinski definition) is 5. The molecule has 0 atom stereocenters. The van der Waals surface area contributed by atoms with Gasteiger partial charge in [0, 0.05) is 12.7 Å². The second kappa shape index (κ2) is 5.08. The molecule has 0 aliphatic carbocycles. The Bertz CT molecular complexity index is 672. The molecule has 0 radical (unpaired) electrons. The van der Waals surface area contributed by atoms with Gasteiger partial charge in [-0.2, -0.15) is 5.26 Å². The molecule has 0 spiro atoms. The topological polar surface area (TPSA) is 83.0 Å². The van der Waals surface area contributed by atoms with Crippen LogP contribution >= 0.6 is 11.3 Å². The Labute approximate surface area is 114 Å². The van der Waals surface area contributed by atoms with E-state index in [9.17, 15) is 4.79 Å². The molecule has 19 heavy (non-hydrogen) atoms. The number of nitriles is 1. The highest BCUT2D eigenvalue weighted by Gasteiger charge is 2.19. The van der Waals surface area contributed by atoms with Gasteiger partial charge >= 0.3 is 0 Å². The monoisotopic (exact) mass is 272 g/mol. The van der Waals surface area contributed by atoms with Gasteiger partial charge in [0.1, 0.15) is 4.88 Å². The molecule has 1 amide bonds. The van der Waals surface area contributed by atoms with E-state index in [1.165, 1.54) is 16.2 Å². The van der Waals surface area contributed by atoms with Gasteiger partial charge in [0.05, 0.1) is 17.3 Å². The molecule has 0 saturated carbocycles. The number of carbonyl (C=O) groups excluding carboxylic acids is 1. The Kier molecular flexibility index (Phi) is 3.49. The summed E-state index contributed by atoms with van der Waals surface area (Å²) in [5.74, 6) is -0.179. The SMILES string of the molecule is Cc1nc(N)sc1C(=O)N(C)c1cccc(C#N)c1. The minimum Gasteiger partial charge on any atom is -0.375 e. The minimum atomic E-state index is -0.179. The van der Waals surface area contributed by atoms with Gasteiger partial charge < -0.3 is 10.6 Å². The Hall–Kier alpha value is -2.39. The van der Waals surface area contributed by atoms with Crippen LogP contribution in [0.15, 0.2) is 24.3 Å². The first-order valence-electron chi connectivity index (χ1n) is 5.54. The first-order valence-corrected chi connectivity index (χ1v) is 6.35. The van der Waals surface area contributed by atoms with Crippen LogP contribution in [-0.4, -0.2) is 17.9 Å². The number of nitrogens with two attached hydrogens (primary N) is 1. The van der Waals surface area contributed by atoms with E-state index < -0.39 is 0 Å². The van der Waals surface area contributed by atoms with Crippen molar-refractivity contribution in [1.82, 2.24) is 4.98 Å². The normalized spacial score (nSPS) is 9.95. The molecular weight excluding hydrogens is 260 g/mol. The van der Waals surface area contributed by atoms with Gasteiger partial charge in [-0.1, -0.05) is 17.4 Å². The predicted octanol–water partition coefficient (Wildman–Crippen LogP) is 2.18. The molecule has 0 aliphatic heterocycles. The van der Waals surface area contributed by atoms with E-state index in [4.69, 9.17) is 11.0 Å². The molecule has 1 heterocycles. The summed E-state index contributed by atoms with van der Waals surface area (Å²) in [6.07, 6.45) is 0. The quantitative estimate of drug-likeness (QED) is 0.908. The molecule has 96 valence electrons. The summed E-state index contributed by atoms with van der Waals surface area (Å²) < 4.78 is 0. The number of benzene rings is 1. The Morgan fingerprint density at radius 3 is 2.84 bits per heavy atom. The fourth-order valence-corrected chi connectivity index (χ4v) is 2.48. The van der Waals surface area contributed by atoms with E-state index >= 15 is 0 Å². The molecule has 0 bridgehead atoms. The number of aryl methyl sites for hydroxylation is 1. The molecule has 0 aliphatic rings. The van der Waals surface area contributed by atoms with Crippen LogP contribution in [0.4, 0.5) is 10.8 Å². The Balaban J connectivity index is 2.33. The number of aromatic nitrogens is 1. The van der Waals surface area contributed by atoms with E-state index in [-0.39, 0.29) is 5.91 Å². The second-order valence-corrected chi connectivity index (χ2v) is 5.02. The summed E-state index contributed by atoms with van der Waals surface area (Å²) in [5.41, 5.74) is 7.39. The summed E-state index contributed by atoms with van der Waals surface area (Å²) in [6, 6.07) is 8.92. The number of rotatable bonds is 2. The average molecular weight is 272 g/mol. The first kappa shape index (κ1) is 13.1. The highest BCUT2D eigenvalue weighted by Crippen LogP contribution is 2.24. The van der Waals surface area contributed by atoms with Gasteiger partial charge in [-0.3, -0.25) is 4.79 Å². The lowest BCUT2D eigenvalue weighted by Crippen LogP contribution is -2.26. The average Bonchev–Trinajstić information content (AvgIpc) is 2.76. The minimum absolute atomic E-state index is 0.179. The van der Waals surface area contributed by atoms with Crippen LogP contribution in [0.1, 0.15) is 20.9 Å². The maximum Gasteiger partial charge on any atom is 0.270 e. The molecule has 0 unspecified atom stereocenters. The molecule has 0 saturated heterocycles. The number of anilines is 2. The van der Waals surface area contributed by atoms with E-state index in [1.807, 2.05) is 6.07 Å². The highest BCUT2D eigenvalue weighted by atomic mass is 32.1. The van der Waals surface area contributed by atoms with Crippen LogP contribution in [-0.2, 0) is 0 Å². The molecule has 5 nitrogen and oxygen atoms in total. The Morgan fingerprint density at radius 1 is 1.53 bits per heavy atom. The van der Waals surface area contributed by atoms with Crippen LogP contribution in [0.2, 0.25) is 0 Å². The molecule has 2 N–H and O–H groups in total. The summed E-state index contributed by atoms with van der Waals surface area (Å²) in [5, 5.41) is 9.24. The van der Waals surface area contributed by atoms with Crippen molar-refractivity contribution >= 4 is 28.1 Å². The van der Waals surface area contributed by atoms with Gasteiger partial charge in [-0.25, -0.2) is 4.98 Å². The standard InChI is InChI=1S/C13H12N4OS/c1-8-11(19-13(15)16-8)12(18)17(2)10-5-3-4-9(6-10)7-14/h3-6H,1-2H3,(H2,15,16). The first-order chi connectivity index (χ1) is 9.02. The van der Waals surface area contributed by atoms with Crippen molar-refractivity contribution in [2.45, 2.75) is 6.92 Å². The van der Waals surface area contributed by atoms with E-state index in [0.29, 0.717) is 27.0 Å². The molecule has 6 heteroatoms. The number of hydrogen-bond donors (Lipinski definition) is 1. The summed E-state index contributed by atoms with van der Waals surface area (Å²) in [6.45, 7) is 1.75. The van der Waals surface area contributed by atoms with Gasteiger partial charge in [-0.05, 0) is 25.1 Å². The van der Waals surface area contributed by atoms with E-state index in [2.05, 4.69) is 4.98 Å². The van der Waals surface area contributed by atoms with Crippen molar-refractivity contribution in [1.29, 1.82) is 5.26 Å². The maximum atomic E-state index is 12.3. The van der Waals surface area contributed by atoms with E-state index in [0.717, 1.165) is 0 Å². The molecular formula is C13H12N4OS. The Morgan fingerprint density at radius 2 is 2.26 bits per heavy atom. The fourth-order valence-electron chi connectivity index (χ4n) is 1.67. The van der Waals surface area contributed by atoms with Crippen LogP contribution in [0.3, 0.4) is 0 Å². The van der Waals surface area contributed by atoms with Crippen molar-refractivity contribution in [3.05, 3.63) is 40.4 Å². The smallest absolute Gasteiger partial charge is 0.270 e. The van der Waals surface area contributed by atoms with Crippen LogP contribution < -0.4 is 10.6 Å². The zero-order valence-electron chi connectivity index (χ0n) is 10.5.